The molecule has 0 spiro atoms. The van der Waals surface area contributed by atoms with Gasteiger partial charge in [-0.25, -0.2) is 4.79 Å². The number of carbonyl (C=O) groups excluding carboxylic acids is 1. The molecule has 0 bridgehead atoms. The zero-order valence-corrected chi connectivity index (χ0v) is 17.0. The summed E-state index contributed by atoms with van der Waals surface area (Å²) in [6.45, 7) is 10.6. The highest BCUT2D eigenvalue weighted by molar-refractivity contribution is 9.10. The zero-order chi connectivity index (χ0) is 18.6. The molecule has 0 aliphatic carbocycles. The number of benzene rings is 2. The van der Waals surface area contributed by atoms with Gasteiger partial charge in [0.25, 0.3) is 0 Å². The fourth-order valence-corrected chi connectivity index (χ4v) is 2.68. The average molecular weight is 405 g/mol. The maximum Gasteiger partial charge on any atom is 0.321 e. The predicted octanol–water partition coefficient (Wildman–Crippen LogP) is 5.52. The molecule has 2 N–H and O–H groups in total. The third-order valence-electron chi connectivity index (χ3n) is 3.82. The predicted molar refractivity (Wildman–Crippen MR) is 106 cm³/mol. The van der Waals surface area contributed by atoms with Crippen LogP contribution in [0.1, 0.15) is 37.5 Å². The van der Waals surface area contributed by atoms with Crippen LogP contribution in [0.2, 0.25) is 0 Å². The summed E-state index contributed by atoms with van der Waals surface area (Å²) in [6, 6.07) is 11.4. The van der Waals surface area contributed by atoms with Gasteiger partial charge in [0.15, 0.2) is 6.73 Å². The fourth-order valence-electron chi connectivity index (χ4n) is 2.43. The third-order valence-corrected chi connectivity index (χ3v) is 4.71. The Morgan fingerprint density at radius 1 is 1.12 bits per heavy atom. The summed E-state index contributed by atoms with van der Waals surface area (Å²) >= 11 is 3.44. The largest absolute Gasteiger partial charge is 0.473 e. The summed E-state index contributed by atoms with van der Waals surface area (Å²) < 4.78 is 6.80. The molecule has 0 unspecified atom stereocenters. The lowest BCUT2D eigenvalue weighted by Crippen LogP contribution is -2.32. The first kappa shape index (κ1) is 19.3. The Hall–Kier alpha value is -2.01. The van der Waals surface area contributed by atoms with E-state index in [2.05, 4.69) is 60.3 Å². The third kappa shape index (κ3) is 5.49. The highest BCUT2D eigenvalue weighted by atomic mass is 79.9. The standard InChI is InChI=1S/C20H25BrN2O2/c1-13-6-9-18(16(10-13)20(3,4)5)25-12-22-19(24)23-15-7-8-17(21)14(2)11-15/h6-11H,12H2,1-5H3,(H2,22,23,24). The molecule has 2 aromatic rings. The number of carbonyl (C=O) groups is 1. The second kappa shape index (κ2) is 7.91. The minimum absolute atomic E-state index is 0.0292. The quantitative estimate of drug-likeness (QED) is 0.658. The summed E-state index contributed by atoms with van der Waals surface area (Å²) in [6.07, 6.45) is 0. The Morgan fingerprint density at radius 3 is 2.48 bits per heavy atom. The molecule has 0 aliphatic heterocycles. The van der Waals surface area contributed by atoms with E-state index in [-0.39, 0.29) is 18.2 Å². The molecule has 0 saturated carbocycles. The van der Waals surface area contributed by atoms with Crippen molar-refractivity contribution in [3.8, 4) is 5.75 Å². The molecule has 0 aliphatic rings. The number of ether oxygens (including phenoxy) is 1. The number of aryl methyl sites for hydroxylation is 2. The van der Waals surface area contributed by atoms with E-state index >= 15 is 0 Å². The van der Waals surface area contributed by atoms with Crippen LogP contribution in [-0.2, 0) is 5.41 Å². The SMILES string of the molecule is Cc1ccc(OCNC(=O)Nc2ccc(Br)c(C)c2)c(C(C)(C)C)c1. The maximum atomic E-state index is 12.0. The number of hydrogen-bond acceptors (Lipinski definition) is 2. The van der Waals surface area contributed by atoms with Crippen LogP contribution in [-0.4, -0.2) is 12.8 Å². The van der Waals surface area contributed by atoms with Crippen molar-refractivity contribution in [3.05, 3.63) is 57.6 Å². The highest BCUT2D eigenvalue weighted by Crippen LogP contribution is 2.32. The Kier molecular flexibility index (Phi) is 6.11. The van der Waals surface area contributed by atoms with Gasteiger partial charge in [0.2, 0.25) is 0 Å². The molecule has 0 atom stereocenters. The molecular formula is C20H25BrN2O2. The van der Waals surface area contributed by atoms with E-state index < -0.39 is 0 Å². The lowest BCUT2D eigenvalue weighted by molar-refractivity contribution is 0.233. The molecule has 0 aromatic heterocycles. The van der Waals surface area contributed by atoms with Crippen molar-refractivity contribution in [2.75, 3.05) is 12.0 Å². The van der Waals surface area contributed by atoms with Crippen molar-refractivity contribution < 1.29 is 9.53 Å². The molecule has 2 amide bonds. The van der Waals surface area contributed by atoms with E-state index in [1.165, 1.54) is 5.56 Å². The van der Waals surface area contributed by atoms with Crippen LogP contribution in [0.3, 0.4) is 0 Å². The van der Waals surface area contributed by atoms with Crippen LogP contribution < -0.4 is 15.4 Å². The van der Waals surface area contributed by atoms with Gasteiger partial charge in [0, 0.05) is 10.2 Å². The van der Waals surface area contributed by atoms with Gasteiger partial charge in [0.1, 0.15) is 5.75 Å². The molecule has 0 fully saturated rings. The smallest absolute Gasteiger partial charge is 0.321 e. The fraction of sp³-hybridized carbons (Fsp3) is 0.350. The Bertz CT molecular complexity index is 767. The van der Waals surface area contributed by atoms with Crippen molar-refractivity contribution >= 4 is 27.6 Å². The summed E-state index contributed by atoms with van der Waals surface area (Å²) in [5, 5.41) is 5.52. The van der Waals surface area contributed by atoms with Crippen LogP contribution in [0, 0.1) is 13.8 Å². The molecule has 2 rings (SSSR count). The number of amides is 2. The highest BCUT2D eigenvalue weighted by Gasteiger charge is 2.19. The van der Waals surface area contributed by atoms with Crippen LogP contribution in [0.4, 0.5) is 10.5 Å². The van der Waals surface area contributed by atoms with Crippen molar-refractivity contribution in [2.24, 2.45) is 0 Å². The Balaban J connectivity index is 1.94. The van der Waals surface area contributed by atoms with Crippen molar-refractivity contribution in [1.82, 2.24) is 5.32 Å². The van der Waals surface area contributed by atoms with Gasteiger partial charge >= 0.3 is 6.03 Å². The van der Waals surface area contributed by atoms with E-state index in [0.717, 1.165) is 27.0 Å². The minimum atomic E-state index is -0.300. The summed E-state index contributed by atoms with van der Waals surface area (Å²) in [5.74, 6) is 0.790. The molecule has 25 heavy (non-hydrogen) atoms. The van der Waals surface area contributed by atoms with Gasteiger partial charge in [0.05, 0.1) is 0 Å². The van der Waals surface area contributed by atoms with Gasteiger partial charge in [-0.15, -0.1) is 0 Å². The number of rotatable bonds is 4. The number of urea groups is 1. The number of halogens is 1. The summed E-state index contributed by atoms with van der Waals surface area (Å²) in [4.78, 5) is 12.0. The molecule has 0 heterocycles. The van der Waals surface area contributed by atoms with E-state index in [1.807, 2.05) is 37.3 Å². The number of anilines is 1. The van der Waals surface area contributed by atoms with Gasteiger partial charge < -0.3 is 15.4 Å². The zero-order valence-electron chi connectivity index (χ0n) is 15.4. The molecular weight excluding hydrogens is 380 g/mol. The minimum Gasteiger partial charge on any atom is -0.473 e. The van der Waals surface area contributed by atoms with Crippen LogP contribution in [0.15, 0.2) is 40.9 Å². The number of nitrogens with one attached hydrogen (secondary N) is 2. The van der Waals surface area contributed by atoms with Crippen LogP contribution in [0.25, 0.3) is 0 Å². The summed E-state index contributed by atoms with van der Waals surface area (Å²) in [5.41, 5.74) is 4.08. The van der Waals surface area contributed by atoms with Gasteiger partial charge in [-0.2, -0.15) is 0 Å². The van der Waals surface area contributed by atoms with Gasteiger partial charge in [-0.05, 0) is 54.7 Å². The molecule has 4 nitrogen and oxygen atoms in total. The van der Waals surface area contributed by atoms with Crippen molar-refractivity contribution in [2.45, 2.75) is 40.0 Å². The van der Waals surface area contributed by atoms with E-state index in [4.69, 9.17) is 4.74 Å². The molecule has 0 radical (unpaired) electrons. The topological polar surface area (TPSA) is 50.4 Å². The van der Waals surface area contributed by atoms with Crippen LogP contribution in [0.5, 0.6) is 5.75 Å². The summed E-state index contributed by atoms with van der Waals surface area (Å²) in [7, 11) is 0. The van der Waals surface area contributed by atoms with Gasteiger partial charge in [-0.3, -0.25) is 0 Å². The normalized spacial score (nSPS) is 11.1. The van der Waals surface area contributed by atoms with Crippen molar-refractivity contribution in [1.29, 1.82) is 0 Å². The second-order valence-corrected chi connectivity index (χ2v) is 7.99. The average Bonchev–Trinajstić information content (AvgIpc) is 2.51. The van der Waals surface area contributed by atoms with Gasteiger partial charge in [-0.1, -0.05) is 54.4 Å². The first-order valence-corrected chi connectivity index (χ1v) is 9.01. The Labute approximate surface area is 158 Å². The molecule has 5 heteroatoms. The lowest BCUT2D eigenvalue weighted by Gasteiger charge is -2.23. The molecule has 2 aromatic carbocycles. The monoisotopic (exact) mass is 404 g/mol. The van der Waals surface area contributed by atoms with Crippen molar-refractivity contribution in [3.63, 3.8) is 0 Å². The van der Waals surface area contributed by atoms with E-state index in [1.54, 1.807) is 0 Å². The van der Waals surface area contributed by atoms with E-state index in [9.17, 15) is 4.79 Å². The number of hydrogen-bond donors (Lipinski definition) is 2. The van der Waals surface area contributed by atoms with E-state index in [0.29, 0.717) is 0 Å². The first-order valence-electron chi connectivity index (χ1n) is 8.22. The second-order valence-electron chi connectivity index (χ2n) is 7.13. The maximum absolute atomic E-state index is 12.0. The first-order chi connectivity index (χ1) is 11.7. The van der Waals surface area contributed by atoms with Crippen LogP contribution >= 0.6 is 15.9 Å². The lowest BCUT2D eigenvalue weighted by atomic mass is 9.85. The molecule has 0 saturated heterocycles. The molecule has 134 valence electrons. The Morgan fingerprint density at radius 2 is 1.84 bits per heavy atom.